The highest BCUT2D eigenvalue weighted by molar-refractivity contribution is 6.35. The number of aromatic nitrogens is 3. The van der Waals surface area contributed by atoms with E-state index in [1.54, 1.807) is 41.5 Å². The van der Waals surface area contributed by atoms with Crippen molar-refractivity contribution in [2.24, 2.45) is 0 Å². The molecule has 0 saturated carbocycles. The molecule has 5 aromatic rings. The second kappa shape index (κ2) is 10.2. The van der Waals surface area contributed by atoms with Crippen LogP contribution in [0.1, 0.15) is 38.2 Å². The number of aryl methyl sites for hydroxylation is 1. The second-order valence-corrected chi connectivity index (χ2v) is 9.29. The molecule has 3 aromatic heterocycles. The molecule has 0 atom stereocenters. The number of pyridine rings is 2. The zero-order valence-electron chi connectivity index (χ0n) is 19.8. The summed E-state index contributed by atoms with van der Waals surface area (Å²) in [5, 5.41) is 4.60. The first-order valence-electron chi connectivity index (χ1n) is 11.7. The lowest BCUT2D eigenvalue weighted by atomic mass is 10.0. The van der Waals surface area contributed by atoms with Gasteiger partial charge in [0.05, 0.1) is 17.1 Å². The molecule has 0 aliphatic carbocycles. The minimum atomic E-state index is -0.173. The number of halogens is 1. The first-order valence-corrected chi connectivity index (χ1v) is 12.1. The summed E-state index contributed by atoms with van der Waals surface area (Å²) in [6.07, 6.45) is 7.57. The molecule has 7 heteroatoms. The van der Waals surface area contributed by atoms with E-state index in [4.69, 9.17) is 11.6 Å². The minimum absolute atomic E-state index is 0.0216. The zero-order valence-corrected chi connectivity index (χ0v) is 20.5. The summed E-state index contributed by atoms with van der Waals surface area (Å²) >= 11 is 6.25. The van der Waals surface area contributed by atoms with E-state index >= 15 is 0 Å². The summed E-state index contributed by atoms with van der Waals surface area (Å²) < 4.78 is 1.67. The highest BCUT2D eigenvalue weighted by atomic mass is 35.5. The van der Waals surface area contributed by atoms with Crippen LogP contribution in [0.15, 0.2) is 90.2 Å². The molecule has 3 heterocycles. The van der Waals surface area contributed by atoms with Gasteiger partial charge in [-0.15, -0.1) is 0 Å². The monoisotopic (exact) mass is 496 g/mol. The lowest BCUT2D eigenvalue weighted by Gasteiger charge is -2.10. The van der Waals surface area contributed by atoms with Gasteiger partial charge in [0.2, 0.25) is 0 Å². The fraction of sp³-hybridized carbons (Fsp3) is 0.138. The number of nitrogens with one attached hydrogen (secondary N) is 2. The van der Waals surface area contributed by atoms with Gasteiger partial charge in [-0.25, -0.2) is 0 Å². The number of benzene rings is 2. The van der Waals surface area contributed by atoms with Crippen molar-refractivity contribution in [3.63, 3.8) is 0 Å². The van der Waals surface area contributed by atoms with Crippen molar-refractivity contribution in [3.05, 3.63) is 134 Å². The summed E-state index contributed by atoms with van der Waals surface area (Å²) in [4.78, 5) is 32.2. The van der Waals surface area contributed by atoms with E-state index in [0.717, 1.165) is 38.7 Å². The number of H-pyrrole nitrogens is 1. The molecular formula is C29H25ClN4O2. The maximum Gasteiger partial charge on any atom is 0.253 e. The average Bonchev–Trinajstić information content (AvgIpc) is 3.24. The Morgan fingerprint density at radius 3 is 2.64 bits per heavy atom. The first-order chi connectivity index (χ1) is 17.5. The van der Waals surface area contributed by atoms with Gasteiger partial charge in [0.15, 0.2) is 0 Å². The maximum absolute atomic E-state index is 12.8. The predicted molar refractivity (Wildman–Crippen MR) is 143 cm³/mol. The van der Waals surface area contributed by atoms with Crippen LogP contribution in [0.4, 0.5) is 0 Å². The Bertz CT molecular complexity index is 1600. The normalized spacial score (nSPS) is 11.1. The van der Waals surface area contributed by atoms with Crippen molar-refractivity contribution in [1.82, 2.24) is 19.9 Å². The number of amides is 1. The summed E-state index contributed by atoms with van der Waals surface area (Å²) in [7, 11) is 0. The molecule has 5 rings (SSSR count). The summed E-state index contributed by atoms with van der Waals surface area (Å²) in [6, 6.07) is 19.2. The molecule has 0 aliphatic heterocycles. The van der Waals surface area contributed by atoms with Gasteiger partial charge in [-0.1, -0.05) is 41.9 Å². The first kappa shape index (κ1) is 23.6. The fourth-order valence-electron chi connectivity index (χ4n) is 4.25. The van der Waals surface area contributed by atoms with Crippen LogP contribution in [0.3, 0.4) is 0 Å². The third-order valence-electron chi connectivity index (χ3n) is 6.27. The quantitative estimate of drug-likeness (QED) is 0.323. The molecule has 36 heavy (non-hydrogen) atoms. The third kappa shape index (κ3) is 5.24. The van der Waals surface area contributed by atoms with Gasteiger partial charge in [-0.2, -0.15) is 0 Å². The van der Waals surface area contributed by atoms with Crippen LogP contribution < -0.4 is 10.9 Å². The number of carbonyl (C=O) groups excluding carboxylic acids is 1. The van der Waals surface area contributed by atoms with Crippen LogP contribution in [0.2, 0.25) is 5.02 Å². The average molecular weight is 497 g/mol. The number of fused-ring (bicyclic) bond motifs is 1. The number of hydrogen-bond donors (Lipinski definition) is 2. The van der Waals surface area contributed by atoms with Gasteiger partial charge in [-0.3, -0.25) is 14.6 Å². The van der Waals surface area contributed by atoms with Gasteiger partial charge < -0.3 is 14.9 Å². The van der Waals surface area contributed by atoms with Gasteiger partial charge in [0.1, 0.15) is 0 Å². The molecular weight excluding hydrogens is 472 g/mol. The van der Waals surface area contributed by atoms with Crippen molar-refractivity contribution in [2.75, 3.05) is 0 Å². The van der Waals surface area contributed by atoms with Gasteiger partial charge >= 0.3 is 0 Å². The Morgan fingerprint density at radius 1 is 1.03 bits per heavy atom. The summed E-state index contributed by atoms with van der Waals surface area (Å²) in [6.45, 7) is 2.94. The standard InChI is InChI=1S/C29H25ClN4O2/c1-19-10-27-25(26(30)17-32-27)13-23(19)16-33-29(36)24-12-22(14-31-15-24)11-20-5-7-21(8-6-20)18-34-9-3-2-4-28(34)35/h2-10,12-15,17,32H,11,16,18H2,1H3,(H,33,36). The third-order valence-corrected chi connectivity index (χ3v) is 6.58. The van der Waals surface area contributed by atoms with E-state index in [9.17, 15) is 9.59 Å². The molecule has 0 unspecified atom stereocenters. The maximum atomic E-state index is 12.8. The smallest absolute Gasteiger partial charge is 0.253 e. The highest BCUT2D eigenvalue weighted by Gasteiger charge is 2.11. The van der Waals surface area contributed by atoms with E-state index in [1.165, 1.54) is 0 Å². The van der Waals surface area contributed by atoms with Crippen molar-refractivity contribution < 1.29 is 4.79 Å². The molecule has 2 aromatic carbocycles. The SMILES string of the molecule is Cc1cc2[nH]cc(Cl)c2cc1CNC(=O)c1cncc(Cc2ccc(Cn3ccccc3=O)cc2)c1. The van der Waals surface area contributed by atoms with Gasteiger partial charge in [-0.05, 0) is 65.4 Å². The Balaban J connectivity index is 1.23. The second-order valence-electron chi connectivity index (χ2n) is 8.89. The van der Waals surface area contributed by atoms with Crippen LogP contribution in [0, 0.1) is 6.92 Å². The molecule has 2 N–H and O–H groups in total. The Kier molecular flexibility index (Phi) is 6.69. The number of aromatic amines is 1. The van der Waals surface area contributed by atoms with Crippen LogP contribution in [0.5, 0.6) is 0 Å². The van der Waals surface area contributed by atoms with Gasteiger partial charge in [0, 0.05) is 48.3 Å². The molecule has 0 fully saturated rings. The van der Waals surface area contributed by atoms with Crippen LogP contribution in [0.25, 0.3) is 10.9 Å². The lowest BCUT2D eigenvalue weighted by molar-refractivity contribution is 0.0950. The minimum Gasteiger partial charge on any atom is -0.360 e. The van der Waals surface area contributed by atoms with E-state index < -0.39 is 0 Å². The molecule has 180 valence electrons. The molecule has 0 saturated heterocycles. The van der Waals surface area contributed by atoms with Crippen LogP contribution in [-0.4, -0.2) is 20.4 Å². The van der Waals surface area contributed by atoms with E-state index in [1.807, 2.05) is 55.5 Å². The van der Waals surface area contributed by atoms with Crippen molar-refractivity contribution in [3.8, 4) is 0 Å². The van der Waals surface area contributed by atoms with Crippen molar-refractivity contribution >= 4 is 28.4 Å². The lowest BCUT2D eigenvalue weighted by Crippen LogP contribution is -2.23. The van der Waals surface area contributed by atoms with Crippen LogP contribution in [-0.2, 0) is 19.5 Å². The molecule has 0 radical (unpaired) electrons. The van der Waals surface area contributed by atoms with E-state index in [2.05, 4.69) is 15.3 Å². The summed E-state index contributed by atoms with van der Waals surface area (Å²) in [5.74, 6) is -0.173. The topological polar surface area (TPSA) is 79.8 Å². The largest absolute Gasteiger partial charge is 0.360 e. The molecule has 1 amide bonds. The number of carbonyl (C=O) groups is 1. The number of hydrogen-bond acceptors (Lipinski definition) is 3. The van der Waals surface area contributed by atoms with Crippen molar-refractivity contribution in [1.29, 1.82) is 0 Å². The van der Waals surface area contributed by atoms with Crippen molar-refractivity contribution in [2.45, 2.75) is 26.4 Å². The molecule has 0 bridgehead atoms. The van der Waals surface area contributed by atoms with Gasteiger partial charge in [0.25, 0.3) is 11.5 Å². The predicted octanol–water partition coefficient (Wildman–Crippen LogP) is 5.26. The Morgan fingerprint density at radius 2 is 1.83 bits per heavy atom. The summed E-state index contributed by atoms with van der Waals surface area (Å²) in [5.41, 5.74) is 6.67. The molecule has 6 nitrogen and oxygen atoms in total. The molecule has 0 spiro atoms. The van der Waals surface area contributed by atoms with Crippen LogP contribution >= 0.6 is 11.6 Å². The Hall–Kier alpha value is -4.16. The number of nitrogens with zero attached hydrogens (tertiary/aromatic N) is 2. The fourth-order valence-corrected chi connectivity index (χ4v) is 4.46. The van der Waals surface area contributed by atoms with E-state index in [0.29, 0.717) is 30.1 Å². The van der Waals surface area contributed by atoms with E-state index in [-0.39, 0.29) is 11.5 Å². The number of rotatable bonds is 7. The highest BCUT2D eigenvalue weighted by Crippen LogP contribution is 2.26. The Labute approximate surface area is 213 Å². The molecule has 0 aliphatic rings. The zero-order chi connectivity index (χ0) is 25.1.